The summed E-state index contributed by atoms with van der Waals surface area (Å²) in [5.41, 5.74) is 1.29. The van der Waals surface area contributed by atoms with E-state index in [-0.39, 0.29) is 6.61 Å². The highest BCUT2D eigenvalue weighted by Gasteiger charge is 2.30. The van der Waals surface area contributed by atoms with Gasteiger partial charge in [-0.25, -0.2) is 0 Å². The van der Waals surface area contributed by atoms with Crippen LogP contribution in [0.3, 0.4) is 0 Å². The molecule has 3 N–H and O–H groups in total. The summed E-state index contributed by atoms with van der Waals surface area (Å²) in [4.78, 5) is 0. The number of benzene rings is 1. The van der Waals surface area contributed by atoms with Crippen molar-refractivity contribution in [1.82, 2.24) is 5.32 Å². The molecule has 0 heterocycles. The minimum Gasteiger partial charge on any atom is -0.394 e. The molecular weight excluding hydrogens is 238 g/mol. The molecular formula is C13H18ClNO2. The molecule has 1 saturated carbocycles. The highest BCUT2D eigenvalue weighted by Crippen LogP contribution is 2.37. The average Bonchev–Trinajstić information content (AvgIpc) is 2.26. The first-order chi connectivity index (χ1) is 8.19. The zero-order valence-electron chi connectivity index (χ0n) is 9.64. The van der Waals surface area contributed by atoms with Crippen LogP contribution in [0.5, 0.6) is 0 Å². The van der Waals surface area contributed by atoms with Crippen molar-refractivity contribution in [3.63, 3.8) is 0 Å². The number of rotatable bonds is 5. The molecule has 0 spiro atoms. The topological polar surface area (TPSA) is 52.5 Å². The number of hydrogen-bond donors (Lipinski definition) is 3. The molecule has 0 saturated heterocycles. The molecule has 1 unspecified atom stereocenters. The molecule has 0 bridgehead atoms. The van der Waals surface area contributed by atoms with Gasteiger partial charge < -0.3 is 15.5 Å². The lowest BCUT2D eigenvalue weighted by molar-refractivity contribution is 0.0872. The van der Waals surface area contributed by atoms with Gasteiger partial charge in [0.2, 0.25) is 0 Å². The van der Waals surface area contributed by atoms with E-state index in [0.717, 1.165) is 17.9 Å². The van der Waals surface area contributed by atoms with Gasteiger partial charge in [-0.2, -0.15) is 0 Å². The maximum Gasteiger partial charge on any atom is 0.0895 e. The Morgan fingerprint density at radius 3 is 2.82 bits per heavy atom. The van der Waals surface area contributed by atoms with Crippen LogP contribution in [0, 0.1) is 0 Å². The van der Waals surface area contributed by atoms with Crippen LogP contribution in [-0.2, 0) is 0 Å². The molecule has 4 heteroatoms. The Morgan fingerprint density at radius 2 is 2.18 bits per heavy atom. The van der Waals surface area contributed by atoms with Crippen molar-refractivity contribution in [3.05, 3.63) is 34.9 Å². The van der Waals surface area contributed by atoms with Crippen LogP contribution in [0.4, 0.5) is 0 Å². The Morgan fingerprint density at radius 1 is 1.41 bits per heavy atom. The van der Waals surface area contributed by atoms with E-state index in [2.05, 4.69) is 11.4 Å². The molecule has 0 aliphatic heterocycles. The second-order valence-corrected chi connectivity index (χ2v) is 5.10. The largest absolute Gasteiger partial charge is 0.394 e. The molecule has 0 aromatic heterocycles. The molecule has 17 heavy (non-hydrogen) atoms. The molecule has 3 nitrogen and oxygen atoms in total. The predicted molar refractivity (Wildman–Crippen MR) is 68.3 cm³/mol. The van der Waals surface area contributed by atoms with Gasteiger partial charge in [-0.3, -0.25) is 0 Å². The van der Waals surface area contributed by atoms with E-state index in [1.807, 2.05) is 18.2 Å². The molecule has 1 aromatic rings. The van der Waals surface area contributed by atoms with Crippen LogP contribution in [-0.4, -0.2) is 35.5 Å². The van der Waals surface area contributed by atoms with Gasteiger partial charge in [-0.05, 0) is 36.5 Å². The third-order valence-corrected chi connectivity index (χ3v) is 3.55. The number of aliphatic hydroxyl groups excluding tert-OH is 2. The fourth-order valence-electron chi connectivity index (χ4n) is 2.18. The van der Waals surface area contributed by atoms with Gasteiger partial charge >= 0.3 is 0 Å². The lowest BCUT2D eigenvalue weighted by Gasteiger charge is -2.37. The van der Waals surface area contributed by atoms with Crippen LogP contribution in [0.25, 0.3) is 0 Å². The Bertz CT molecular complexity index is 366. The third-order valence-electron chi connectivity index (χ3n) is 3.31. The second-order valence-electron chi connectivity index (χ2n) is 4.66. The van der Waals surface area contributed by atoms with E-state index in [1.54, 1.807) is 0 Å². The van der Waals surface area contributed by atoms with Crippen molar-refractivity contribution >= 4 is 11.6 Å². The lowest BCUT2D eigenvalue weighted by atomic mass is 9.76. The van der Waals surface area contributed by atoms with Crippen LogP contribution in [0.2, 0.25) is 5.02 Å². The van der Waals surface area contributed by atoms with Crippen LogP contribution < -0.4 is 5.32 Å². The van der Waals surface area contributed by atoms with Gasteiger partial charge in [-0.15, -0.1) is 0 Å². The van der Waals surface area contributed by atoms with E-state index >= 15 is 0 Å². The Balaban J connectivity index is 1.75. The van der Waals surface area contributed by atoms with E-state index in [1.165, 1.54) is 5.56 Å². The van der Waals surface area contributed by atoms with Crippen LogP contribution in [0.1, 0.15) is 24.3 Å². The molecule has 1 atom stereocenters. The smallest absolute Gasteiger partial charge is 0.0895 e. The van der Waals surface area contributed by atoms with E-state index in [0.29, 0.717) is 18.5 Å². The first-order valence-corrected chi connectivity index (χ1v) is 6.34. The van der Waals surface area contributed by atoms with Gasteiger partial charge in [0.15, 0.2) is 0 Å². The molecule has 1 fully saturated rings. The molecule has 0 radical (unpaired) electrons. The van der Waals surface area contributed by atoms with Gasteiger partial charge in [0.05, 0.1) is 12.7 Å². The Kier molecular flexibility index (Phi) is 4.40. The van der Waals surface area contributed by atoms with Crippen molar-refractivity contribution in [3.8, 4) is 0 Å². The SMILES string of the molecule is OCC(O)CNC1CC(c2cccc(Cl)c2)C1. The summed E-state index contributed by atoms with van der Waals surface area (Å²) < 4.78 is 0. The summed E-state index contributed by atoms with van der Waals surface area (Å²) in [6, 6.07) is 8.44. The average molecular weight is 256 g/mol. The molecule has 1 aliphatic carbocycles. The molecule has 1 aromatic carbocycles. The highest BCUT2D eigenvalue weighted by atomic mass is 35.5. The first-order valence-electron chi connectivity index (χ1n) is 5.97. The minimum absolute atomic E-state index is 0.183. The molecule has 94 valence electrons. The fourth-order valence-corrected chi connectivity index (χ4v) is 2.38. The fraction of sp³-hybridized carbons (Fsp3) is 0.538. The summed E-state index contributed by atoms with van der Waals surface area (Å²) >= 11 is 5.95. The lowest BCUT2D eigenvalue weighted by Crippen LogP contribution is -2.44. The van der Waals surface area contributed by atoms with Crippen LogP contribution in [0.15, 0.2) is 24.3 Å². The highest BCUT2D eigenvalue weighted by molar-refractivity contribution is 6.30. The van der Waals surface area contributed by atoms with Crippen molar-refractivity contribution in [2.45, 2.75) is 30.9 Å². The summed E-state index contributed by atoms with van der Waals surface area (Å²) in [5, 5.41) is 21.9. The van der Waals surface area contributed by atoms with Gasteiger partial charge in [-0.1, -0.05) is 23.7 Å². The zero-order chi connectivity index (χ0) is 12.3. The Labute approximate surface area is 106 Å². The van der Waals surface area contributed by atoms with E-state index < -0.39 is 6.10 Å². The normalized spacial score (nSPS) is 25.4. The van der Waals surface area contributed by atoms with Gasteiger partial charge in [0, 0.05) is 17.6 Å². The second kappa shape index (κ2) is 5.83. The third kappa shape index (κ3) is 3.42. The summed E-state index contributed by atoms with van der Waals surface area (Å²) in [6.07, 6.45) is 1.48. The summed E-state index contributed by atoms with van der Waals surface area (Å²) in [5.74, 6) is 0.567. The Hall–Kier alpha value is -0.610. The zero-order valence-corrected chi connectivity index (χ0v) is 10.4. The molecule has 0 amide bonds. The quantitative estimate of drug-likeness (QED) is 0.748. The maximum atomic E-state index is 9.22. The van der Waals surface area contributed by atoms with Crippen molar-refractivity contribution in [1.29, 1.82) is 0 Å². The molecule has 1 aliphatic rings. The van der Waals surface area contributed by atoms with Gasteiger partial charge in [0.1, 0.15) is 0 Å². The standard InChI is InChI=1S/C13H18ClNO2/c14-11-3-1-2-9(4-11)10-5-12(6-10)15-7-13(17)8-16/h1-4,10,12-13,15-17H,5-8H2. The predicted octanol–water partition coefficient (Wildman–Crippen LogP) is 1.53. The van der Waals surface area contributed by atoms with E-state index in [9.17, 15) is 5.11 Å². The van der Waals surface area contributed by atoms with Crippen molar-refractivity contribution in [2.24, 2.45) is 0 Å². The number of halogens is 1. The van der Waals surface area contributed by atoms with E-state index in [4.69, 9.17) is 16.7 Å². The molecule has 2 rings (SSSR count). The van der Waals surface area contributed by atoms with Gasteiger partial charge in [0.25, 0.3) is 0 Å². The van der Waals surface area contributed by atoms with Crippen molar-refractivity contribution < 1.29 is 10.2 Å². The van der Waals surface area contributed by atoms with Crippen LogP contribution >= 0.6 is 11.6 Å². The first kappa shape index (κ1) is 12.8. The minimum atomic E-state index is -0.653. The maximum absolute atomic E-state index is 9.22. The summed E-state index contributed by atoms with van der Waals surface area (Å²) in [6.45, 7) is 0.279. The van der Waals surface area contributed by atoms with Crippen molar-refractivity contribution in [2.75, 3.05) is 13.2 Å². The monoisotopic (exact) mass is 255 g/mol. The number of hydrogen-bond acceptors (Lipinski definition) is 3. The summed E-state index contributed by atoms with van der Waals surface area (Å²) in [7, 11) is 0. The number of nitrogens with one attached hydrogen (secondary N) is 1. The number of aliphatic hydroxyl groups is 2.